The number of hydrogen-bond donors (Lipinski definition) is 0. The predicted octanol–water partition coefficient (Wildman–Crippen LogP) is 3.10. The number of rotatable bonds is 3. The van der Waals surface area contributed by atoms with Crippen LogP contribution in [-0.2, 0) is 0 Å². The van der Waals surface area contributed by atoms with Crippen LogP contribution in [-0.4, -0.2) is 25.2 Å². The van der Waals surface area contributed by atoms with Crippen molar-refractivity contribution < 1.29 is 0 Å². The fraction of sp³-hybridized carbons (Fsp3) is 0.455. The van der Waals surface area contributed by atoms with Crippen molar-refractivity contribution in [3.05, 3.63) is 22.9 Å². The molecule has 0 unspecified atom stereocenters. The summed E-state index contributed by atoms with van der Waals surface area (Å²) in [6.07, 6.45) is 8.45. The molecule has 0 aliphatic heterocycles. The van der Waals surface area contributed by atoms with Gasteiger partial charge in [0.1, 0.15) is 0 Å². The summed E-state index contributed by atoms with van der Waals surface area (Å²) in [6, 6.07) is 2.42. The van der Waals surface area contributed by atoms with Gasteiger partial charge >= 0.3 is 0 Å². The van der Waals surface area contributed by atoms with Crippen molar-refractivity contribution in [2.75, 3.05) is 0 Å². The van der Waals surface area contributed by atoms with Crippen LogP contribution in [0, 0.1) is 0 Å². The quantitative estimate of drug-likeness (QED) is 0.867. The molecule has 0 N–H and O–H groups in total. The van der Waals surface area contributed by atoms with Gasteiger partial charge in [0.25, 0.3) is 0 Å². The first-order chi connectivity index (χ1) is 8.84. The van der Waals surface area contributed by atoms with E-state index in [9.17, 15) is 0 Å². The van der Waals surface area contributed by atoms with E-state index in [4.69, 9.17) is 0 Å². The Balaban J connectivity index is 1.85. The maximum Gasteiger partial charge on any atom is 0.214 e. The summed E-state index contributed by atoms with van der Waals surface area (Å²) in [5, 5.41) is 12.9. The van der Waals surface area contributed by atoms with Gasteiger partial charge in [0, 0.05) is 21.8 Å². The summed E-state index contributed by atoms with van der Waals surface area (Å²) in [5.74, 6) is 0. The second-order valence-electron chi connectivity index (χ2n) is 4.25. The molecule has 0 spiro atoms. The molecule has 3 rings (SSSR count). The monoisotopic (exact) mass is 325 g/mol. The molecular weight excluding hydrogens is 314 g/mol. The van der Waals surface area contributed by atoms with Crippen LogP contribution in [0.15, 0.2) is 33.0 Å². The maximum atomic E-state index is 4.13. The molecule has 1 aliphatic carbocycles. The van der Waals surface area contributed by atoms with Gasteiger partial charge in [-0.1, -0.05) is 12.8 Å². The summed E-state index contributed by atoms with van der Waals surface area (Å²) in [4.78, 5) is 5.14. The maximum absolute atomic E-state index is 4.13. The highest BCUT2D eigenvalue weighted by Gasteiger charge is 2.22. The van der Waals surface area contributed by atoms with E-state index in [-0.39, 0.29) is 0 Å². The van der Waals surface area contributed by atoms with Crippen LogP contribution in [0.25, 0.3) is 0 Å². The second kappa shape index (κ2) is 5.36. The van der Waals surface area contributed by atoms with Crippen molar-refractivity contribution in [3.8, 4) is 0 Å². The molecule has 5 nitrogen and oxygen atoms in total. The molecule has 7 heteroatoms. The van der Waals surface area contributed by atoms with Crippen LogP contribution in [0.4, 0.5) is 0 Å². The van der Waals surface area contributed by atoms with Crippen molar-refractivity contribution in [3.63, 3.8) is 0 Å². The molecule has 2 heterocycles. The van der Waals surface area contributed by atoms with Gasteiger partial charge in [0.2, 0.25) is 5.16 Å². The molecule has 0 aromatic carbocycles. The second-order valence-corrected chi connectivity index (χ2v) is 6.12. The zero-order chi connectivity index (χ0) is 12.4. The third-order valence-electron chi connectivity index (χ3n) is 3.07. The van der Waals surface area contributed by atoms with E-state index in [1.807, 2.05) is 10.7 Å². The fourth-order valence-electron chi connectivity index (χ4n) is 2.17. The Morgan fingerprint density at radius 1 is 1.33 bits per heavy atom. The molecule has 0 atom stereocenters. The molecule has 0 bridgehead atoms. The van der Waals surface area contributed by atoms with E-state index >= 15 is 0 Å². The molecule has 0 amide bonds. The molecule has 94 valence electrons. The van der Waals surface area contributed by atoms with E-state index in [1.54, 1.807) is 24.2 Å². The molecule has 0 radical (unpaired) electrons. The third kappa shape index (κ3) is 2.42. The Labute approximate surface area is 118 Å². The van der Waals surface area contributed by atoms with Gasteiger partial charge in [0.15, 0.2) is 0 Å². The SMILES string of the molecule is Brc1cnccc1Sc1nnnn1C1CCCC1. The molecule has 1 aliphatic rings. The molecule has 1 saturated carbocycles. The summed E-state index contributed by atoms with van der Waals surface area (Å²) in [7, 11) is 0. The van der Waals surface area contributed by atoms with E-state index in [0.717, 1.165) is 14.5 Å². The Kier molecular flexibility index (Phi) is 3.60. The number of hydrogen-bond acceptors (Lipinski definition) is 5. The molecule has 1 fully saturated rings. The minimum atomic E-state index is 0.461. The Morgan fingerprint density at radius 2 is 2.17 bits per heavy atom. The largest absolute Gasteiger partial charge is 0.263 e. The average Bonchev–Trinajstić information content (AvgIpc) is 3.02. The van der Waals surface area contributed by atoms with E-state index in [0.29, 0.717) is 6.04 Å². The molecule has 0 saturated heterocycles. The van der Waals surface area contributed by atoms with Crippen molar-refractivity contribution in [1.29, 1.82) is 0 Å². The minimum absolute atomic E-state index is 0.461. The zero-order valence-electron chi connectivity index (χ0n) is 9.66. The number of pyridine rings is 1. The summed E-state index contributed by atoms with van der Waals surface area (Å²) in [6.45, 7) is 0. The zero-order valence-corrected chi connectivity index (χ0v) is 12.1. The van der Waals surface area contributed by atoms with Gasteiger partial charge < -0.3 is 0 Å². The summed E-state index contributed by atoms with van der Waals surface area (Å²) >= 11 is 5.06. The van der Waals surface area contributed by atoms with E-state index in [1.165, 1.54) is 25.7 Å². The van der Waals surface area contributed by atoms with Crippen LogP contribution in [0.3, 0.4) is 0 Å². The standard InChI is InChI=1S/C11H12BrN5S/c12-9-7-13-6-5-10(9)18-11-14-15-16-17(11)8-3-1-2-4-8/h5-8H,1-4H2. The van der Waals surface area contributed by atoms with E-state index in [2.05, 4.69) is 36.4 Å². The highest BCUT2D eigenvalue weighted by atomic mass is 79.9. The molecule has 18 heavy (non-hydrogen) atoms. The third-order valence-corrected chi connectivity index (χ3v) is 4.99. The Bertz CT molecular complexity index is 538. The highest BCUT2D eigenvalue weighted by molar-refractivity contribution is 9.10. The van der Waals surface area contributed by atoms with Crippen LogP contribution in [0.5, 0.6) is 0 Å². The van der Waals surface area contributed by atoms with Gasteiger partial charge in [-0.2, -0.15) is 0 Å². The van der Waals surface area contributed by atoms with Gasteiger partial charge in [-0.15, -0.1) is 5.10 Å². The number of tetrazole rings is 1. The first-order valence-corrected chi connectivity index (χ1v) is 7.51. The van der Waals surface area contributed by atoms with Gasteiger partial charge in [-0.3, -0.25) is 4.98 Å². The molecule has 2 aromatic heterocycles. The normalized spacial score (nSPS) is 16.3. The number of halogens is 1. The summed E-state index contributed by atoms with van der Waals surface area (Å²) in [5.41, 5.74) is 0. The fourth-order valence-corrected chi connectivity index (χ4v) is 3.50. The Morgan fingerprint density at radius 3 is 2.94 bits per heavy atom. The predicted molar refractivity (Wildman–Crippen MR) is 71.4 cm³/mol. The van der Waals surface area contributed by atoms with Crippen LogP contribution < -0.4 is 0 Å². The minimum Gasteiger partial charge on any atom is -0.263 e. The average molecular weight is 326 g/mol. The van der Waals surface area contributed by atoms with Crippen LogP contribution in [0.2, 0.25) is 0 Å². The van der Waals surface area contributed by atoms with Crippen molar-refractivity contribution in [2.45, 2.75) is 41.8 Å². The Hall–Kier alpha value is -0.950. The number of nitrogens with zero attached hydrogens (tertiary/aromatic N) is 5. The lowest BCUT2D eigenvalue weighted by Gasteiger charge is -2.10. The van der Waals surface area contributed by atoms with Gasteiger partial charge in [-0.05, 0) is 57.0 Å². The van der Waals surface area contributed by atoms with Crippen LogP contribution in [0.1, 0.15) is 31.7 Å². The number of aromatic nitrogens is 5. The van der Waals surface area contributed by atoms with Gasteiger partial charge in [0.05, 0.1) is 6.04 Å². The molecular formula is C11H12BrN5S. The topological polar surface area (TPSA) is 56.5 Å². The van der Waals surface area contributed by atoms with Crippen LogP contribution >= 0.6 is 27.7 Å². The van der Waals surface area contributed by atoms with E-state index < -0.39 is 0 Å². The first-order valence-electron chi connectivity index (χ1n) is 5.90. The highest BCUT2D eigenvalue weighted by Crippen LogP contribution is 2.35. The first kappa shape index (κ1) is 12.1. The van der Waals surface area contributed by atoms with Gasteiger partial charge in [-0.25, -0.2) is 4.68 Å². The smallest absolute Gasteiger partial charge is 0.214 e. The lowest BCUT2D eigenvalue weighted by molar-refractivity contribution is 0.423. The van der Waals surface area contributed by atoms with Crippen molar-refractivity contribution in [2.24, 2.45) is 0 Å². The van der Waals surface area contributed by atoms with Crippen molar-refractivity contribution >= 4 is 27.7 Å². The molecule has 2 aromatic rings. The lowest BCUT2D eigenvalue weighted by Crippen LogP contribution is -2.08. The summed E-state index contributed by atoms with van der Waals surface area (Å²) < 4.78 is 2.93. The van der Waals surface area contributed by atoms with Crippen molar-refractivity contribution in [1.82, 2.24) is 25.2 Å². The lowest BCUT2D eigenvalue weighted by atomic mass is 10.3.